The zero-order chi connectivity index (χ0) is 15.6. The molecule has 1 aromatic heterocycles. The molecule has 0 aliphatic rings. The molecule has 3 aromatic rings. The van der Waals surface area contributed by atoms with Crippen LogP contribution in [0.2, 0.25) is 0 Å². The Morgan fingerprint density at radius 2 is 1.73 bits per heavy atom. The van der Waals surface area contributed by atoms with Crippen LogP contribution >= 0.6 is 11.8 Å². The normalized spacial score (nSPS) is 11.5. The van der Waals surface area contributed by atoms with Crippen LogP contribution in [0.3, 0.4) is 0 Å². The molecular weight excluding hydrogens is 318 g/mol. The number of sulfonamides is 1. The molecule has 2 aromatic carbocycles. The fourth-order valence-corrected chi connectivity index (χ4v) is 3.66. The van der Waals surface area contributed by atoms with Gasteiger partial charge in [0.25, 0.3) is 10.0 Å². The average molecular weight is 331 g/mol. The third kappa shape index (κ3) is 2.90. The van der Waals surface area contributed by atoms with E-state index in [-0.39, 0.29) is 10.7 Å². The molecule has 5 nitrogen and oxygen atoms in total. The van der Waals surface area contributed by atoms with Gasteiger partial charge in [-0.25, -0.2) is 8.42 Å². The van der Waals surface area contributed by atoms with Gasteiger partial charge in [0.2, 0.25) is 0 Å². The Kier molecular flexibility index (Phi) is 4.00. The van der Waals surface area contributed by atoms with Crippen LogP contribution in [0.4, 0.5) is 5.82 Å². The van der Waals surface area contributed by atoms with E-state index in [0.717, 1.165) is 10.4 Å². The summed E-state index contributed by atoms with van der Waals surface area (Å²) in [7, 11) is -3.72. The summed E-state index contributed by atoms with van der Waals surface area (Å²) in [5.74, 6) is 0.200. The van der Waals surface area contributed by atoms with Crippen molar-refractivity contribution in [2.75, 3.05) is 11.0 Å². The standard InChI is InChI=1S/C15H13N3O2S2/c1-21-15-10-9-14(16-17-15)18-22(19,20)13-8-4-6-11-5-2-3-7-12(11)13/h2-10H,1H3,(H,16,18). The Labute approximate surface area is 132 Å². The van der Waals surface area contributed by atoms with Gasteiger partial charge in [-0.2, -0.15) is 0 Å². The lowest BCUT2D eigenvalue weighted by atomic mass is 10.1. The Balaban J connectivity index is 2.01. The fourth-order valence-electron chi connectivity index (χ4n) is 2.11. The maximum Gasteiger partial charge on any atom is 0.263 e. The van der Waals surface area contributed by atoms with Gasteiger partial charge in [0, 0.05) is 5.39 Å². The Morgan fingerprint density at radius 1 is 0.955 bits per heavy atom. The Bertz CT molecular complexity index is 904. The molecule has 1 heterocycles. The van der Waals surface area contributed by atoms with E-state index >= 15 is 0 Å². The van der Waals surface area contributed by atoms with Crippen LogP contribution < -0.4 is 4.72 Å². The lowest BCUT2D eigenvalue weighted by Crippen LogP contribution is -2.14. The molecule has 22 heavy (non-hydrogen) atoms. The summed E-state index contributed by atoms with van der Waals surface area (Å²) in [6, 6.07) is 15.8. The van der Waals surface area contributed by atoms with Crippen LogP contribution in [0.25, 0.3) is 10.8 Å². The molecule has 0 aliphatic heterocycles. The number of nitrogens with zero attached hydrogens (tertiary/aromatic N) is 2. The van der Waals surface area contributed by atoms with Gasteiger partial charge >= 0.3 is 0 Å². The van der Waals surface area contributed by atoms with Crippen LogP contribution in [0.5, 0.6) is 0 Å². The van der Waals surface area contributed by atoms with Gasteiger partial charge in [-0.1, -0.05) is 36.4 Å². The maximum absolute atomic E-state index is 12.6. The largest absolute Gasteiger partial charge is 0.263 e. The van der Waals surface area contributed by atoms with Crippen LogP contribution in [0.1, 0.15) is 0 Å². The Hall–Kier alpha value is -2.12. The van der Waals surface area contributed by atoms with E-state index in [1.54, 1.807) is 30.3 Å². The SMILES string of the molecule is CSc1ccc(NS(=O)(=O)c2cccc3ccccc23)nn1. The van der Waals surface area contributed by atoms with Gasteiger partial charge in [-0.3, -0.25) is 4.72 Å². The minimum atomic E-state index is -3.72. The molecule has 3 rings (SSSR count). The first-order chi connectivity index (χ1) is 10.6. The molecular formula is C15H13N3O2S2. The minimum absolute atomic E-state index is 0.200. The van der Waals surface area contributed by atoms with E-state index in [2.05, 4.69) is 14.9 Å². The molecule has 0 aliphatic carbocycles. The molecule has 0 bridgehead atoms. The van der Waals surface area contributed by atoms with E-state index in [1.807, 2.05) is 30.5 Å². The van der Waals surface area contributed by atoms with Crippen molar-refractivity contribution < 1.29 is 8.42 Å². The molecule has 0 radical (unpaired) electrons. The number of aromatic nitrogens is 2. The first kappa shape index (κ1) is 14.8. The summed E-state index contributed by atoms with van der Waals surface area (Å²) < 4.78 is 27.6. The third-order valence-corrected chi connectivity index (χ3v) is 5.18. The Morgan fingerprint density at radius 3 is 2.45 bits per heavy atom. The van der Waals surface area contributed by atoms with Gasteiger partial charge < -0.3 is 0 Å². The van der Waals surface area contributed by atoms with Crippen molar-refractivity contribution >= 4 is 38.4 Å². The van der Waals surface area contributed by atoms with Crippen molar-refractivity contribution in [3.63, 3.8) is 0 Å². The number of hydrogen-bond donors (Lipinski definition) is 1. The number of hydrogen-bond acceptors (Lipinski definition) is 5. The molecule has 112 valence electrons. The second kappa shape index (κ2) is 5.94. The number of benzene rings is 2. The minimum Gasteiger partial charge on any atom is -0.262 e. The van der Waals surface area contributed by atoms with Crippen molar-refractivity contribution in [1.29, 1.82) is 0 Å². The molecule has 7 heteroatoms. The average Bonchev–Trinajstić information content (AvgIpc) is 2.54. The molecule has 0 fully saturated rings. The second-order valence-corrected chi connectivity index (χ2v) is 7.02. The van der Waals surface area contributed by atoms with E-state index in [9.17, 15) is 8.42 Å². The zero-order valence-electron chi connectivity index (χ0n) is 11.7. The predicted octanol–water partition coefficient (Wildman–Crippen LogP) is 3.15. The van der Waals surface area contributed by atoms with Crippen LogP contribution in [0.15, 0.2) is 64.5 Å². The van der Waals surface area contributed by atoms with Gasteiger partial charge in [-0.15, -0.1) is 22.0 Å². The summed E-state index contributed by atoms with van der Waals surface area (Å²) >= 11 is 1.44. The first-order valence-electron chi connectivity index (χ1n) is 6.48. The molecule has 1 N–H and O–H groups in total. The van der Waals surface area contributed by atoms with Crippen LogP contribution in [-0.2, 0) is 10.0 Å². The molecule has 0 atom stereocenters. The van der Waals surface area contributed by atoms with Crippen molar-refractivity contribution in [3.05, 3.63) is 54.6 Å². The van der Waals surface area contributed by atoms with E-state index in [4.69, 9.17) is 0 Å². The smallest absolute Gasteiger partial charge is 0.262 e. The lowest BCUT2D eigenvalue weighted by molar-refractivity contribution is 0.601. The quantitative estimate of drug-likeness (QED) is 0.744. The van der Waals surface area contributed by atoms with Crippen molar-refractivity contribution in [2.45, 2.75) is 9.92 Å². The van der Waals surface area contributed by atoms with Gasteiger partial charge in [-0.05, 0) is 29.8 Å². The monoisotopic (exact) mass is 331 g/mol. The van der Waals surface area contributed by atoms with Crippen molar-refractivity contribution in [3.8, 4) is 0 Å². The summed E-state index contributed by atoms with van der Waals surface area (Å²) in [4.78, 5) is 0.223. The maximum atomic E-state index is 12.6. The van der Waals surface area contributed by atoms with Gasteiger partial charge in [0.05, 0.1) is 4.90 Å². The highest BCUT2D eigenvalue weighted by molar-refractivity contribution is 7.98. The van der Waals surface area contributed by atoms with Crippen LogP contribution in [0, 0.1) is 0 Å². The number of rotatable bonds is 4. The summed E-state index contributed by atoms with van der Waals surface area (Å²) in [5, 5.41) is 10.1. The molecule has 0 amide bonds. The number of anilines is 1. The number of fused-ring (bicyclic) bond motifs is 1. The molecule has 0 saturated carbocycles. The second-order valence-electron chi connectivity index (χ2n) is 4.54. The summed E-state index contributed by atoms with van der Waals surface area (Å²) in [6.45, 7) is 0. The van der Waals surface area contributed by atoms with Crippen molar-refractivity contribution in [2.24, 2.45) is 0 Å². The molecule has 0 spiro atoms. The van der Waals surface area contributed by atoms with E-state index < -0.39 is 10.0 Å². The highest BCUT2D eigenvalue weighted by Gasteiger charge is 2.17. The van der Waals surface area contributed by atoms with Crippen LogP contribution in [-0.4, -0.2) is 24.9 Å². The molecule has 0 unspecified atom stereocenters. The topological polar surface area (TPSA) is 72.0 Å². The van der Waals surface area contributed by atoms with Crippen molar-refractivity contribution in [1.82, 2.24) is 10.2 Å². The summed E-state index contributed by atoms with van der Waals surface area (Å²) in [5.41, 5.74) is 0. The van der Waals surface area contributed by atoms with Gasteiger partial charge in [0.15, 0.2) is 5.82 Å². The zero-order valence-corrected chi connectivity index (χ0v) is 13.4. The van der Waals surface area contributed by atoms with Gasteiger partial charge in [0.1, 0.15) is 5.03 Å². The first-order valence-corrected chi connectivity index (χ1v) is 9.19. The third-order valence-electron chi connectivity index (χ3n) is 3.13. The predicted molar refractivity (Wildman–Crippen MR) is 88.6 cm³/mol. The highest BCUT2D eigenvalue weighted by Crippen LogP contribution is 2.24. The van der Waals surface area contributed by atoms with E-state index in [1.165, 1.54) is 11.8 Å². The van der Waals surface area contributed by atoms with E-state index in [0.29, 0.717) is 5.39 Å². The summed E-state index contributed by atoms with van der Waals surface area (Å²) in [6.07, 6.45) is 1.88. The highest BCUT2D eigenvalue weighted by atomic mass is 32.2. The lowest BCUT2D eigenvalue weighted by Gasteiger charge is -2.09. The number of thioether (sulfide) groups is 1. The fraction of sp³-hybridized carbons (Fsp3) is 0.0667. The molecule has 0 saturated heterocycles. The number of nitrogens with one attached hydrogen (secondary N) is 1.